The van der Waals surface area contributed by atoms with Crippen LogP contribution in [0, 0.1) is 6.92 Å². The van der Waals surface area contributed by atoms with Crippen LogP contribution in [0.5, 0.6) is 5.75 Å². The molecule has 0 spiro atoms. The molecule has 0 saturated carbocycles. The zero-order chi connectivity index (χ0) is 19.2. The second-order valence-electron chi connectivity index (χ2n) is 6.64. The molecule has 4 rings (SSSR count). The number of fused-ring (bicyclic) bond motifs is 1. The predicted octanol–water partition coefficient (Wildman–Crippen LogP) is 5.70. The number of para-hydroxylation sites is 1. The molecule has 0 N–H and O–H groups in total. The van der Waals surface area contributed by atoms with Crippen LogP contribution >= 0.6 is 11.6 Å². The minimum Gasteiger partial charge on any atom is -0.403 e. The smallest absolute Gasteiger partial charge is 0.403 e. The Bertz CT molecular complexity index is 983. The third kappa shape index (κ3) is 3.67. The van der Waals surface area contributed by atoms with E-state index in [4.69, 9.17) is 11.6 Å². The summed E-state index contributed by atoms with van der Waals surface area (Å²) in [6.45, 7) is 3.33. The Labute approximate surface area is 159 Å². The van der Waals surface area contributed by atoms with Crippen molar-refractivity contribution in [3.8, 4) is 5.75 Å². The topological polar surface area (TPSA) is 25.4 Å². The summed E-state index contributed by atoms with van der Waals surface area (Å²) in [5.74, 6) is 0.0834. The van der Waals surface area contributed by atoms with Gasteiger partial charge >= 0.3 is 6.36 Å². The van der Waals surface area contributed by atoms with Gasteiger partial charge in [-0.3, -0.25) is 0 Å². The minimum atomic E-state index is -4.75. The number of halogens is 4. The monoisotopic (exact) mass is 392 g/mol. The molecule has 0 unspecified atom stereocenters. The van der Waals surface area contributed by atoms with Gasteiger partial charge in [0.25, 0.3) is 0 Å². The van der Waals surface area contributed by atoms with Crippen LogP contribution in [0.4, 0.5) is 18.9 Å². The Kier molecular flexibility index (Phi) is 4.38. The number of alkyl halides is 3. The molecule has 7 heteroatoms. The molecule has 1 aliphatic rings. The van der Waals surface area contributed by atoms with Crippen molar-refractivity contribution < 1.29 is 17.9 Å². The molecule has 3 nitrogen and oxygen atoms in total. The number of benzene rings is 2. The van der Waals surface area contributed by atoms with Gasteiger partial charge in [0.15, 0.2) is 5.75 Å². The van der Waals surface area contributed by atoms with Gasteiger partial charge < -0.3 is 9.64 Å². The van der Waals surface area contributed by atoms with Crippen molar-refractivity contribution in [2.45, 2.75) is 19.2 Å². The molecule has 1 fully saturated rings. The summed E-state index contributed by atoms with van der Waals surface area (Å²) >= 11 is 5.94. The number of aryl methyl sites for hydroxylation is 1. The Balaban J connectivity index is 1.65. The molecule has 0 radical (unpaired) electrons. The van der Waals surface area contributed by atoms with Gasteiger partial charge in [0.1, 0.15) is 5.52 Å². The molecule has 3 aromatic rings. The number of hydrogen-bond acceptors (Lipinski definition) is 3. The summed E-state index contributed by atoms with van der Waals surface area (Å²) < 4.78 is 42.3. The van der Waals surface area contributed by atoms with Crippen molar-refractivity contribution in [3.05, 3.63) is 64.8 Å². The fourth-order valence-corrected chi connectivity index (χ4v) is 3.54. The zero-order valence-electron chi connectivity index (χ0n) is 14.4. The molecular formula is C20H16ClF3N2O. The van der Waals surface area contributed by atoms with Gasteiger partial charge in [-0.2, -0.15) is 0 Å². The van der Waals surface area contributed by atoms with Crippen LogP contribution in [0.15, 0.2) is 48.5 Å². The largest absolute Gasteiger partial charge is 0.573 e. The first kappa shape index (κ1) is 17.9. The van der Waals surface area contributed by atoms with Crippen molar-refractivity contribution >= 4 is 28.2 Å². The Morgan fingerprint density at radius 1 is 1.11 bits per heavy atom. The van der Waals surface area contributed by atoms with Gasteiger partial charge in [0.05, 0.1) is 0 Å². The van der Waals surface area contributed by atoms with Gasteiger partial charge in [-0.15, -0.1) is 13.2 Å². The van der Waals surface area contributed by atoms with Gasteiger partial charge in [-0.1, -0.05) is 35.9 Å². The summed E-state index contributed by atoms with van der Waals surface area (Å²) in [6, 6.07) is 14.3. The van der Waals surface area contributed by atoms with Gasteiger partial charge in [-0.25, -0.2) is 4.98 Å². The summed E-state index contributed by atoms with van der Waals surface area (Å²) in [7, 11) is 0. The number of pyridine rings is 1. The van der Waals surface area contributed by atoms with Crippen molar-refractivity contribution in [2.24, 2.45) is 0 Å². The maximum Gasteiger partial charge on any atom is 0.573 e. The molecule has 2 aromatic carbocycles. The number of ether oxygens (including phenoxy) is 1. The molecule has 0 atom stereocenters. The number of aromatic nitrogens is 1. The van der Waals surface area contributed by atoms with E-state index < -0.39 is 6.36 Å². The molecule has 2 heterocycles. The third-order valence-electron chi connectivity index (χ3n) is 4.70. The fourth-order valence-electron chi connectivity index (χ4n) is 3.42. The molecule has 1 aliphatic heterocycles. The van der Waals surface area contributed by atoms with Crippen LogP contribution in [0.3, 0.4) is 0 Å². The summed E-state index contributed by atoms with van der Waals surface area (Å²) in [5, 5.41) is 1.35. The van der Waals surface area contributed by atoms with Gasteiger partial charge in [-0.05, 0) is 36.8 Å². The normalized spacial score (nSPS) is 15.1. The lowest BCUT2D eigenvalue weighted by atomic mass is 9.90. The van der Waals surface area contributed by atoms with Crippen LogP contribution in [0.25, 0.3) is 10.9 Å². The van der Waals surface area contributed by atoms with Crippen LogP contribution in [-0.4, -0.2) is 24.4 Å². The van der Waals surface area contributed by atoms with E-state index in [0.717, 1.165) is 18.8 Å². The van der Waals surface area contributed by atoms with Crippen LogP contribution in [-0.2, 0) is 0 Å². The molecule has 0 bridgehead atoms. The van der Waals surface area contributed by atoms with E-state index in [1.54, 1.807) is 19.1 Å². The number of hydrogen-bond donors (Lipinski definition) is 0. The van der Waals surface area contributed by atoms with Gasteiger partial charge in [0, 0.05) is 40.8 Å². The number of anilines is 1. The van der Waals surface area contributed by atoms with Crippen LogP contribution in [0.2, 0.25) is 5.02 Å². The second kappa shape index (κ2) is 6.60. The van der Waals surface area contributed by atoms with E-state index in [0.29, 0.717) is 22.0 Å². The molecular weight excluding hydrogens is 377 g/mol. The Morgan fingerprint density at radius 2 is 1.81 bits per heavy atom. The van der Waals surface area contributed by atoms with Gasteiger partial charge in [0.2, 0.25) is 0 Å². The van der Waals surface area contributed by atoms with E-state index in [1.807, 2.05) is 30.3 Å². The second-order valence-corrected chi connectivity index (χ2v) is 7.07. The standard InChI is InChI=1S/C20H16ClF3N2O/c1-12-9-17(26-10-14(11-26)13-5-7-15(21)8-6-13)16-3-2-4-18(19(16)25-12)27-20(22,23)24/h2-9,14H,10-11H2,1H3. The number of nitrogens with zero attached hydrogens (tertiary/aromatic N) is 2. The molecule has 0 aliphatic carbocycles. The van der Waals surface area contributed by atoms with Crippen LogP contribution in [0.1, 0.15) is 17.2 Å². The Morgan fingerprint density at radius 3 is 2.48 bits per heavy atom. The summed E-state index contributed by atoms with van der Waals surface area (Å²) in [5.41, 5.74) is 2.94. The van der Waals surface area contributed by atoms with E-state index in [2.05, 4.69) is 14.6 Å². The lowest BCUT2D eigenvalue weighted by Crippen LogP contribution is -2.45. The van der Waals surface area contributed by atoms with Crippen molar-refractivity contribution in [1.82, 2.24) is 4.98 Å². The van der Waals surface area contributed by atoms with Crippen LogP contribution < -0.4 is 9.64 Å². The SMILES string of the molecule is Cc1cc(N2CC(c3ccc(Cl)cc3)C2)c2cccc(OC(F)(F)F)c2n1. The van der Waals surface area contributed by atoms with E-state index in [9.17, 15) is 13.2 Å². The summed E-state index contributed by atoms with van der Waals surface area (Å²) in [4.78, 5) is 6.43. The fraction of sp³-hybridized carbons (Fsp3) is 0.250. The quantitative estimate of drug-likeness (QED) is 0.571. The molecule has 0 amide bonds. The van der Waals surface area contributed by atoms with E-state index >= 15 is 0 Å². The average Bonchev–Trinajstić information content (AvgIpc) is 2.54. The number of rotatable bonds is 3. The molecule has 1 aromatic heterocycles. The molecule has 27 heavy (non-hydrogen) atoms. The zero-order valence-corrected chi connectivity index (χ0v) is 15.2. The van der Waals surface area contributed by atoms with Crippen molar-refractivity contribution in [3.63, 3.8) is 0 Å². The van der Waals surface area contributed by atoms with Crippen molar-refractivity contribution in [2.75, 3.05) is 18.0 Å². The highest BCUT2D eigenvalue weighted by atomic mass is 35.5. The van der Waals surface area contributed by atoms with E-state index in [1.165, 1.54) is 11.6 Å². The third-order valence-corrected chi connectivity index (χ3v) is 4.95. The lowest BCUT2D eigenvalue weighted by molar-refractivity contribution is -0.274. The Hall–Kier alpha value is -2.47. The molecule has 1 saturated heterocycles. The summed E-state index contributed by atoms with van der Waals surface area (Å²) in [6.07, 6.45) is -4.75. The lowest BCUT2D eigenvalue weighted by Gasteiger charge is -2.42. The maximum absolute atomic E-state index is 12.7. The highest BCUT2D eigenvalue weighted by Gasteiger charge is 2.33. The first-order valence-corrected chi connectivity index (χ1v) is 8.84. The minimum absolute atomic E-state index is 0.222. The van der Waals surface area contributed by atoms with E-state index in [-0.39, 0.29) is 11.3 Å². The molecule has 140 valence electrons. The first-order valence-electron chi connectivity index (χ1n) is 8.47. The highest BCUT2D eigenvalue weighted by molar-refractivity contribution is 6.30. The average molecular weight is 393 g/mol. The predicted molar refractivity (Wildman–Crippen MR) is 99.6 cm³/mol. The van der Waals surface area contributed by atoms with Crippen molar-refractivity contribution in [1.29, 1.82) is 0 Å². The maximum atomic E-state index is 12.7. The first-order chi connectivity index (χ1) is 12.8. The highest BCUT2D eigenvalue weighted by Crippen LogP contribution is 2.39.